The number of rotatable bonds is 2. The number of carbonyl (C=O) groups is 1. The van der Waals surface area contributed by atoms with Gasteiger partial charge in [0, 0.05) is 19.1 Å². The summed E-state index contributed by atoms with van der Waals surface area (Å²) in [6, 6.07) is 8.33. The average molecular weight is 388 g/mol. The van der Waals surface area contributed by atoms with E-state index in [1.807, 2.05) is 29.2 Å². The van der Waals surface area contributed by atoms with Crippen molar-refractivity contribution >= 4 is 28.9 Å². The summed E-state index contributed by atoms with van der Waals surface area (Å²) < 4.78 is 6.10. The number of anilines is 1. The van der Waals surface area contributed by atoms with Crippen LogP contribution in [-0.2, 0) is 4.79 Å². The zero-order chi connectivity index (χ0) is 18.6. The lowest BCUT2D eigenvalue weighted by molar-refractivity contribution is -0.139. The molecular formula is C21H29N3O2S. The molecule has 1 atom stereocenters. The van der Waals surface area contributed by atoms with E-state index in [4.69, 9.17) is 17.0 Å². The number of nitrogens with zero attached hydrogens (tertiary/aromatic N) is 2. The van der Waals surface area contributed by atoms with Gasteiger partial charge in [0.05, 0.1) is 12.2 Å². The first kappa shape index (κ1) is 18.5. The largest absolute Gasteiger partial charge is 0.476 e. The number of hydrogen-bond donors (Lipinski definition) is 1. The van der Waals surface area contributed by atoms with Crippen molar-refractivity contribution < 1.29 is 9.53 Å². The highest BCUT2D eigenvalue weighted by Crippen LogP contribution is 2.34. The molecule has 0 unspecified atom stereocenters. The normalized spacial score (nSPS) is 23.3. The van der Waals surface area contributed by atoms with Crippen molar-refractivity contribution in [3.63, 3.8) is 0 Å². The van der Waals surface area contributed by atoms with E-state index in [1.54, 1.807) is 0 Å². The Balaban J connectivity index is 1.50. The third-order valence-electron chi connectivity index (χ3n) is 5.89. The molecule has 27 heavy (non-hydrogen) atoms. The molecular weight excluding hydrogens is 358 g/mol. The third-order valence-corrected chi connectivity index (χ3v) is 6.23. The number of hydrogen-bond acceptors (Lipinski definition) is 3. The number of para-hydroxylation sites is 2. The number of thiocarbonyl (C=S) groups is 1. The number of benzene rings is 1. The Kier molecular flexibility index (Phi) is 5.81. The summed E-state index contributed by atoms with van der Waals surface area (Å²) in [6.45, 7) is 2.15. The predicted molar refractivity (Wildman–Crippen MR) is 111 cm³/mol. The van der Waals surface area contributed by atoms with Gasteiger partial charge >= 0.3 is 0 Å². The molecule has 0 bridgehead atoms. The molecule has 0 radical (unpaired) electrons. The van der Waals surface area contributed by atoms with Crippen molar-refractivity contribution in [1.82, 2.24) is 10.2 Å². The average Bonchev–Trinajstić information content (AvgIpc) is 2.73. The lowest BCUT2D eigenvalue weighted by Gasteiger charge is -2.39. The second kappa shape index (κ2) is 8.46. The third kappa shape index (κ3) is 4.21. The molecule has 3 aliphatic rings. The Morgan fingerprint density at radius 1 is 1.04 bits per heavy atom. The number of ether oxygens (including phenoxy) is 1. The van der Waals surface area contributed by atoms with Crippen LogP contribution in [0, 0.1) is 0 Å². The van der Waals surface area contributed by atoms with Gasteiger partial charge in [0.15, 0.2) is 11.2 Å². The van der Waals surface area contributed by atoms with Crippen LogP contribution in [0.25, 0.3) is 0 Å². The lowest BCUT2D eigenvalue weighted by atomic mass is 9.96. The molecule has 1 aromatic carbocycles. The van der Waals surface area contributed by atoms with Crippen LogP contribution in [0.5, 0.6) is 5.75 Å². The summed E-state index contributed by atoms with van der Waals surface area (Å²) in [4.78, 5) is 17.1. The summed E-state index contributed by atoms with van der Waals surface area (Å²) >= 11 is 5.76. The molecule has 2 heterocycles. The van der Waals surface area contributed by atoms with Gasteiger partial charge in [0.1, 0.15) is 5.75 Å². The first-order chi connectivity index (χ1) is 13.2. The second-order valence-electron chi connectivity index (χ2n) is 7.86. The van der Waals surface area contributed by atoms with Crippen LogP contribution >= 0.6 is 12.2 Å². The van der Waals surface area contributed by atoms with Gasteiger partial charge in [-0.3, -0.25) is 4.79 Å². The highest BCUT2D eigenvalue weighted by Gasteiger charge is 2.35. The van der Waals surface area contributed by atoms with Crippen molar-refractivity contribution in [2.75, 3.05) is 24.5 Å². The Morgan fingerprint density at radius 2 is 1.74 bits per heavy atom. The molecule has 1 aliphatic carbocycles. The number of piperidine rings is 1. The molecule has 2 fully saturated rings. The van der Waals surface area contributed by atoms with E-state index in [0.29, 0.717) is 17.7 Å². The number of nitrogens with one attached hydrogen (secondary N) is 1. The Hall–Kier alpha value is -1.82. The van der Waals surface area contributed by atoms with Gasteiger partial charge in [-0.15, -0.1) is 0 Å². The summed E-state index contributed by atoms with van der Waals surface area (Å²) in [5.74, 6) is 0.835. The Bertz CT molecular complexity index is 684. The monoisotopic (exact) mass is 387 g/mol. The van der Waals surface area contributed by atoms with E-state index in [1.165, 1.54) is 38.5 Å². The maximum Gasteiger partial charge on any atom is 0.265 e. The van der Waals surface area contributed by atoms with E-state index < -0.39 is 6.10 Å². The second-order valence-corrected chi connectivity index (χ2v) is 8.24. The van der Waals surface area contributed by atoms with E-state index in [0.717, 1.165) is 37.4 Å². The van der Waals surface area contributed by atoms with Gasteiger partial charge in [-0.05, 0) is 56.5 Å². The van der Waals surface area contributed by atoms with Gasteiger partial charge in [0.25, 0.3) is 5.91 Å². The minimum absolute atomic E-state index is 0.0923. The van der Waals surface area contributed by atoms with Crippen LogP contribution in [-0.4, -0.2) is 47.7 Å². The first-order valence-electron chi connectivity index (χ1n) is 10.3. The molecule has 1 aromatic rings. The van der Waals surface area contributed by atoms with Gasteiger partial charge in [-0.1, -0.05) is 31.4 Å². The number of likely N-dealkylation sites (tertiary alicyclic amines) is 1. The molecule has 146 valence electrons. The SMILES string of the molecule is O=C([C@@H]1CN(C(=S)NC2CCCCC2)c2ccccc2O1)N1CCCCC1. The van der Waals surface area contributed by atoms with E-state index >= 15 is 0 Å². The number of carbonyl (C=O) groups excluding carboxylic acids is 1. The van der Waals surface area contributed by atoms with Crippen molar-refractivity contribution in [2.24, 2.45) is 0 Å². The summed E-state index contributed by atoms with van der Waals surface area (Å²) in [5, 5.41) is 4.26. The molecule has 1 amide bonds. The molecule has 5 nitrogen and oxygen atoms in total. The van der Waals surface area contributed by atoms with Gasteiger partial charge in [-0.2, -0.15) is 0 Å². The van der Waals surface area contributed by atoms with Crippen LogP contribution in [0.3, 0.4) is 0 Å². The summed E-state index contributed by atoms with van der Waals surface area (Å²) in [7, 11) is 0. The van der Waals surface area contributed by atoms with Crippen LogP contribution < -0.4 is 15.0 Å². The fraction of sp³-hybridized carbons (Fsp3) is 0.619. The van der Waals surface area contributed by atoms with Gasteiger partial charge < -0.3 is 19.9 Å². The highest BCUT2D eigenvalue weighted by atomic mass is 32.1. The maximum absolute atomic E-state index is 13.0. The standard InChI is InChI=1S/C21H29N3O2S/c25-20(23-13-7-2-8-14-23)19-15-24(17-11-5-6-12-18(17)26-19)21(27)22-16-9-3-1-4-10-16/h5-6,11-12,16,19H,1-4,7-10,13-15H2,(H,22,27)/t19-/m0/s1. The molecule has 1 N–H and O–H groups in total. The van der Waals surface area contributed by atoms with Crippen LogP contribution in [0.2, 0.25) is 0 Å². The predicted octanol–water partition coefficient (Wildman–Crippen LogP) is 3.47. The quantitative estimate of drug-likeness (QED) is 0.787. The zero-order valence-electron chi connectivity index (χ0n) is 15.9. The van der Waals surface area contributed by atoms with E-state index in [9.17, 15) is 4.79 Å². The van der Waals surface area contributed by atoms with Gasteiger partial charge in [-0.25, -0.2) is 0 Å². The minimum atomic E-state index is -0.496. The number of fused-ring (bicyclic) bond motifs is 1. The highest BCUT2D eigenvalue weighted by molar-refractivity contribution is 7.80. The fourth-order valence-electron chi connectivity index (χ4n) is 4.37. The maximum atomic E-state index is 13.0. The minimum Gasteiger partial charge on any atom is -0.476 e. The zero-order valence-corrected chi connectivity index (χ0v) is 16.7. The van der Waals surface area contributed by atoms with Crippen molar-refractivity contribution in [3.8, 4) is 5.75 Å². The molecule has 0 spiro atoms. The fourth-order valence-corrected chi connectivity index (χ4v) is 4.71. The smallest absolute Gasteiger partial charge is 0.265 e. The lowest BCUT2D eigenvalue weighted by Crippen LogP contribution is -2.55. The molecule has 1 saturated carbocycles. The van der Waals surface area contributed by atoms with Crippen LogP contribution in [0.15, 0.2) is 24.3 Å². The topological polar surface area (TPSA) is 44.8 Å². The number of amides is 1. The summed E-state index contributed by atoms with van der Waals surface area (Å²) in [5.41, 5.74) is 0.952. The Morgan fingerprint density at radius 3 is 2.52 bits per heavy atom. The van der Waals surface area contributed by atoms with Crippen molar-refractivity contribution in [2.45, 2.75) is 63.5 Å². The Labute approximate surface area is 167 Å². The molecule has 2 aliphatic heterocycles. The molecule has 6 heteroatoms. The summed E-state index contributed by atoms with van der Waals surface area (Å²) in [6.07, 6.45) is 9.05. The van der Waals surface area contributed by atoms with Gasteiger partial charge in [0.2, 0.25) is 0 Å². The molecule has 4 rings (SSSR count). The van der Waals surface area contributed by atoms with Crippen LogP contribution in [0.1, 0.15) is 51.4 Å². The first-order valence-corrected chi connectivity index (χ1v) is 10.8. The van der Waals surface area contributed by atoms with E-state index in [-0.39, 0.29) is 5.91 Å². The molecule has 0 aromatic heterocycles. The van der Waals surface area contributed by atoms with Crippen molar-refractivity contribution in [1.29, 1.82) is 0 Å². The van der Waals surface area contributed by atoms with Crippen LogP contribution in [0.4, 0.5) is 5.69 Å². The van der Waals surface area contributed by atoms with Crippen molar-refractivity contribution in [3.05, 3.63) is 24.3 Å². The molecule has 1 saturated heterocycles. The van der Waals surface area contributed by atoms with E-state index in [2.05, 4.69) is 10.2 Å².